The first-order valence-electron chi connectivity index (χ1n) is 4.54. The van der Waals surface area contributed by atoms with E-state index in [9.17, 15) is 4.79 Å². The summed E-state index contributed by atoms with van der Waals surface area (Å²) >= 11 is 0. The molecule has 0 spiro atoms. The van der Waals surface area contributed by atoms with E-state index in [1.165, 1.54) is 0 Å². The van der Waals surface area contributed by atoms with Gasteiger partial charge >= 0.3 is 5.97 Å². The number of rotatable bonds is 5. The molecule has 80 valence electrons. The fraction of sp³-hybridized carbons (Fsp3) is 0.364. The zero-order valence-electron chi connectivity index (χ0n) is 8.56. The van der Waals surface area contributed by atoms with Gasteiger partial charge in [-0.25, -0.2) is 0 Å². The molecule has 0 atom stereocenters. The highest BCUT2D eigenvalue weighted by Gasteiger charge is 2.12. The third-order valence-electron chi connectivity index (χ3n) is 2.01. The van der Waals surface area contributed by atoms with Gasteiger partial charge in [0.15, 0.2) is 0 Å². The van der Waals surface area contributed by atoms with Crippen LogP contribution in [0.3, 0.4) is 0 Å². The summed E-state index contributed by atoms with van der Waals surface area (Å²) < 4.78 is 5.22. The molecule has 1 aromatic rings. The maximum atomic E-state index is 10.6. The first-order chi connectivity index (χ1) is 7.13. The first-order valence-corrected chi connectivity index (χ1v) is 4.54. The predicted molar refractivity (Wildman–Crippen MR) is 55.2 cm³/mol. The number of furan rings is 1. The van der Waals surface area contributed by atoms with E-state index in [2.05, 4.69) is 5.92 Å². The standard InChI is InChI=1S/C11H13NO3/c1-3-5-12(8-11(13)14)7-10-9(2)4-6-15-10/h1,4,6H,5,7-8H2,2H3,(H,13,14). The Kier molecular flexibility index (Phi) is 3.95. The van der Waals surface area contributed by atoms with Crippen molar-refractivity contribution < 1.29 is 14.3 Å². The average Bonchev–Trinajstić information content (AvgIpc) is 2.51. The molecule has 0 radical (unpaired) electrons. The van der Waals surface area contributed by atoms with Gasteiger partial charge < -0.3 is 9.52 Å². The molecule has 0 saturated carbocycles. The lowest BCUT2D eigenvalue weighted by Crippen LogP contribution is -2.29. The third-order valence-corrected chi connectivity index (χ3v) is 2.01. The van der Waals surface area contributed by atoms with Gasteiger partial charge in [0.2, 0.25) is 0 Å². The molecule has 0 amide bonds. The van der Waals surface area contributed by atoms with Crippen LogP contribution in [-0.4, -0.2) is 29.1 Å². The minimum absolute atomic E-state index is 0.0790. The van der Waals surface area contributed by atoms with Gasteiger partial charge in [-0.05, 0) is 18.6 Å². The molecule has 0 aliphatic carbocycles. The fourth-order valence-electron chi connectivity index (χ4n) is 1.26. The molecular formula is C11H13NO3. The molecule has 0 unspecified atom stereocenters. The second-order valence-electron chi connectivity index (χ2n) is 3.27. The Balaban J connectivity index is 2.63. The van der Waals surface area contributed by atoms with Crippen molar-refractivity contribution in [3.05, 3.63) is 23.7 Å². The number of nitrogens with zero attached hydrogens (tertiary/aromatic N) is 1. The molecule has 0 aromatic carbocycles. The molecule has 15 heavy (non-hydrogen) atoms. The lowest BCUT2D eigenvalue weighted by molar-refractivity contribution is -0.138. The number of terminal acetylenes is 1. The Bertz CT molecular complexity index is 375. The highest BCUT2D eigenvalue weighted by molar-refractivity contribution is 5.69. The van der Waals surface area contributed by atoms with Crippen LogP contribution < -0.4 is 0 Å². The van der Waals surface area contributed by atoms with E-state index >= 15 is 0 Å². The number of aliphatic carboxylic acids is 1. The van der Waals surface area contributed by atoms with Crippen LogP contribution in [0.5, 0.6) is 0 Å². The number of hydrogen-bond acceptors (Lipinski definition) is 3. The van der Waals surface area contributed by atoms with Gasteiger partial charge in [-0.3, -0.25) is 9.69 Å². The van der Waals surface area contributed by atoms with E-state index in [1.54, 1.807) is 11.2 Å². The number of aryl methyl sites for hydroxylation is 1. The molecule has 0 saturated heterocycles. The smallest absolute Gasteiger partial charge is 0.317 e. The van der Waals surface area contributed by atoms with E-state index in [0.29, 0.717) is 13.1 Å². The zero-order valence-corrected chi connectivity index (χ0v) is 8.56. The molecule has 0 bridgehead atoms. The Labute approximate surface area is 88.5 Å². The highest BCUT2D eigenvalue weighted by Crippen LogP contribution is 2.11. The van der Waals surface area contributed by atoms with Crippen molar-refractivity contribution in [2.45, 2.75) is 13.5 Å². The van der Waals surface area contributed by atoms with E-state index in [1.807, 2.05) is 13.0 Å². The summed E-state index contributed by atoms with van der Waals surface area (Å²) in [6.07, 6.45) is 6.74. The lowest BCUT2D eigenvalue weighted by Gasteiger charge is -2.15. The quantitative estimate of drug-likeness (QED) is 0.735. The summed E-state index contributed by atoms with van der Waals surface area (Å²) in [6, 6.07) is 1.84. The molecule has 1 heterocycles. The summed E-state index contributed by atoms with van der Waals surface area (Å²) in [5, 5.41) is 8.67. The topological polar surface area (TPSA) is 53.7 Å². The van der Waals surface area contributed by atoms with Crippen LogP contribution >= 0.6 is 0 Å². The zero-order chi connectivity index (χ0) is 11.3. The van der Waals surface area contributed by atoms with Gasteiger partial charge in [-0.2, -0.15) is 0 Å². The number of hydrogen-bond donors (Lipinski definition) is 1. The molecular weight excluding hydrogens is 194 g/mol. The molecule has 1 rings (SSSR count). The van der Waals surface area contributed by atoms with Gasteiger partial charge in [-0.15, -0.1) is 6.42 Å². The van der Waals surface area contributed by atoms with Gasteiger partial charge in [0.05, 0.1) is 25.9 Å². The molecule has 1 N–H and O–H groups in total. The van der Waals surface area contributed by atoms with Crippen LogP contribution in [0.1, 0.15) is 11.3 Å². The summed E-state index contributed by atoms with van der Waals surface area (Å²) in [7, 11) is 0. The number of carboxylic acids is 1. The first kappa shape index (κ1) is 11.3. The van der Waals surface area contributed by atoms with E-state index in [4.69, 9.17) is 15.9 Å². The van der Waals surface area contributed by atoms with Crippen LogP contribution in [0.15, 0.2) is 16.7 Å². The van der Waals surface area contributed by atoms with Crippen molar-refractivity contribution in [1.82, 2.24) is 4.90 Å². The summed E-state index contributed by atoms with van der Waals surface area (Å²) in [5.74, 6) is 2.29. The molecule has 4 heteroatoms. The molecule has 0 fully saturated rings. The Hall–Kier alpha value is -1.73. The van der Waals surface area contributed by atoms with Crippen molar-refractivity contribution in [2.24, 2.45) is 0 Å². The van der Waals surface area contributed by atoms with E-state index in [0.717, 1.165) is 11.3 Å². The second kappa shape index (κ2) is 5.23. The van der Waals surface area contributed by atoms with Crippen molar-refractivity contribution in [2.75, 3.05) is 13.1 Å². The number of carboxylic acid groups (broad SMARTS) is 1. The predicted octanol–water partition coefficient (Wildman–Crippen LogP) is 1.11. The van der Waals surface area contributed by atoms with Crippen LogP contribution in [0.4, 0.5) is 0 Å². The van der Waals surface area contributed by atoms with Gasteiger partial charge in [0.25, 0.3) is 0 Å². The second-order valence-corrected chi connectivity index (χ2v) is 3.27. The van der Waals surface area contributed by atoms with Gasteiger partial charge in [0.1, 0.15) is 5.76 Å². The van der Waals surface area contributed by atoms with Crippen molar-refractivity contribution in [3.8, 4) is 12.3 Å². The van der Waals surface area contributed by atoms with Gasteiger partial charge in [0, 0.05) is 0 Å². The number of carbonyl (C=O) groups is 1. The maximum Gasteiger partial charge on any atom is 0.317 e. The molecule has 0 aliphatic rings. The lowest BCUT2D eigenvalue weighted by atomic mass is 10.2. The van der Waals surface area contributed by atoms with Crippen LogP contribution in [0.25, 0.3) is 0 Å². The summed E-state index contributed by atoms with van der Waals surface area (Å²) in [5.41, 5.74) is 1.00. The largest absolute Gasteiger partial charge is 0.480 e. The summed E-state index contributed by atoms with van der Waals surface area (Å²) in [4.78, 5) is 12.2. The highest BCUT2D eigenvalue weighted by atomic mass is 16.4. The normalized spacial score (nSPS) is 10.2. The van der Waals surface area contributed by atoms with Crippen LogP contribution in [-0.2, 0) is 11.3 Å². The third kappa shape index (κ3) is 3.49. The minimum atomic E-state index is -0.894. The Morgan fingerprint density at radius 3 is 2.93 bits per heavy atom. The summed E-state index contributed by atoms with van der Waals surface area (Å²) in [6.45, 7) is 2.56. The van der Waals surface area contributed by atoms with E-state index in [-0.39, 0.29) is 6.54 Å². The molecule has 1 aromatic heterocycles. The average molecular weight is 207 g/mol. The van der Waals surface area contributed by atoms with Crippen LogP contribution in [0.2, 0.25) is 0 Å². The molecule has 4 nitrogen and oxygen atoms in total. The minimum Gasteiger partial charge on any atom is -0.480 e. The van der Waals surface area contributed by atoms with Crippen LogP contribution in [0, 0.1) is 19.3 Å². The molecule has 0 aliphatic heterocycles. The Morgan fingerprint density at radius 1 is 1.73 bits per heavy atom. The Morgan fingerprint density at radius 2 is 2.47 bits per heavy atom. The van der Waals surface area contributed by atoms with Crippen molar-refractivity contribution >= 4 is 5.97 Å². The SMILES string of the molecule is C#CCN(CC(=O)O)Cc1occc1C. The van der Waals surface area contributed by atoms with E-state index < -0.39 is 5.97 Å². The van der Waals surface area contributed by atoms with Crippen molar-refractivity contribution in [3.63, 3.8) is 0 Å². The fourth-order valence-corrected chi connectivity index (χ4v) is 1.26. The maximum absolute atomic E-state index is 10.6. The van der Waals surface area contributed by atoms with Gasteiger partial charge in [-0.1, -0.05) is 5.92 Å². The van der Waals surface area contributed by atoms with Crippen molar-refractivity contribution in [1.29, 1.82) is 0 Å². The monoisotopic (exact) mass is 207 g/mol.